The fourth-order valence-corrected chi connectivity index (χ4v) is 1.54. The Morgan fingerprint density at radius 2 is 2.15 bits per heavy atom. The third kappa shape index (κ3) is 1.31. The lowest BCUT2D eigenvalue weighted by Gasteiger charge is -2.29. The molecule has 0 aromatic heterocycles. The first-order chi connectivity index (χ1) is 6.09. The van der Waals surface area contributed by atoms with Crippen LogP contribution in [0.5, 0.6) is 5.75 Å². The summed E-state index contributed by atoms with van der Waals surface area (Å²) in [6.07, 6.45) is 0.0179. The Kier molecular flexibility index (Phi) is 1.63. The summed E-state index contributed by atoms with van der Waals surface area (Å²) in [7, 11) is 0. The summed E-state index contributed by atoms with van der Waals surface area (Å²) >= 11 is 0. The highest BCUT2D eigenvalue weighted by Crippen LogP contribution is 2.36. The van der Waals surface area contributed by atoms with Crippen LogP contribution in [0.2, 0.25) is 0 Å². The molecule has 1 aliphatic rings. The number of esters is 1. The number of aliphatic hydroxyl groups is 1. The van der Waals surface area contributed by atoms with Crippen LogP contribution in [0, 0.1) is 0 Å². The van der Waals surface area contributed by atoms with Crippen LogP contribution in [-0.4, -0.2) is 11.1 Å². The first kappa shape index (κ1) is 8.26. The van der Waals surface area contributed by atoms with Crippen molar-refractivity contribution in [3.63, 3.8) is 0 Å². The molecule has 13 heavy (non-hydrogen) atoms. The molecule has 1 unspecified atom stereocenters. The number of carbonyl (C=O) groups excluding carboxylic acids is 1. The second kappa shape index (κ2) is 2.57. The summed E-state index contributed by atoms with van der Waals surface area (Å²) < 4.78 is 4.97. The number of carbonyl (C=O) groups is 1. The fourth-order valence-electron chi connectivity index (χ4n) is 1.54. The smallest absolute Gasteiger partial charge is 0.314 e. The Balaban J connectivity index is 2.56. The highest BCUT2D eigenvalue weighted by molar-refractivity contribution is 5.77. The van der Waals surface area contributed by atoms with Crippen molar-refractivity contribution >= 4 is 5.97 Å². The number of hydrogen-bond donors (Lipinski definition) is 1. The van der Waals surface area contributed by atoms with Crippen molar-refractivity contribution in [1.82, 2.24) is 0 Å². The minimum Gasteiger partial charge on any atom is -0.426 e. The van der Waals surface area contributed by atoms with Crippen molar-refractivity contribution in [1.29, 1.82) is 0 Å². The van der Waals surface area contributed by atoms with E-state index in [0.29, 0.717) is 11.3 Å². The molecule has 68 valence electrons. The van der Waals surface area contributed by atoms with Gasteiger partial charge in [-0.05, 0) is 13.0 Å². The molecule has 0 saturated heterocycles. The number of benzene rings is 1. The monoisotopic (exact) mass is 178 g/mol. The average Bonchev–Trinajstić information content (AvgIpc) is 2.02. The van der Waals surface area contributed by atoms with Crippen molar-refractivity contribution in [3.05, 3.63) is 29.8 Å². The highest BCUT2D eigenvalue weighted by atomic mass is 16.5. The summed E-state index contributed by atoms with van der Waals surface area (Å²) in [4.78, 5) is 11.1. The lowest BCUT2D eigenvalue weighted by molar-refractivity contribution is -0.142. The maximum Gasteiger partial charge on any atom is 0.314 e. The molecule has 0 radical (unpaired) electrons. The van der Waals surface area contributed by atoms with Gasteiger partial charge < -0.3 is 9.84 Å². The van der Waals surface area contributed by atoms with Crippen molar-refractivity contribution in [2.24, 2.45) is 0 Å². The van der Waals surface area contributed by atoms with E-state index in [1.165, 1.54) is 0 Å². The number of ether oxygens (including phenoxy) is 1. The Morgan fingerprint density at radius 3 is 2.92 bits per heavy atom. The van der Waals surface area contributed by atoms with E-state index in [0.717, 1.165) is 0 Å². The topological polar surface area (TPSA) is 46.5 Å². The minimum atomic E-state index is -1.09. The number of fused-ring (bicyclic) bond motifs is 1. The molecule has 3 heteroatoms. The third-order valence-corrected chi connectivity index (χ3v) is 2.18. The van der Waals surface area contributed by atoms with Crippen LogP contribution in [0.25, 0.3) is 0 Å². The van der Waals surface area contributed by atoms with Gasteiger partial charge in [-0.15, -0.1) is 0 Å². The normalized spacial score (nSPS) is 26.5. The van der Waals surface area contributed by atoms with Gasteiger partial charge in [0.05, 0.1) is 6.42 Å². The zero-order valence-corrected chi connectivity index (χ0v) is 7.28. The van der Waals surface area contributed by atoms with E-state index in [1.54, 1.807) is 25.1 Å². The molecule has 0 aliphatic carbocycles. The van der Waals surface area contributed by atoms with Crippen molar-refractivity contribution < 1.29 is 14.6 Å². The van der Waals surface area contributed by atoms with Crippen LogP contribution in [0.1, 0.15) is 18.9 Å². The minimum absolute atomic E-state index is 0.0179. The quantitative estimate of drug-likeness (QED) is 0.479. The fraction of sp³-hybridized carbons (Fsp3) is 0.300. The highest BCUT2D eigenvalue weighted by Gasteiger charge is 2.35. The van der Waals surface area contributed by atoms with Gasteiger partial charge in [0.1, 0.15) is 11.4 Å². The molecule has 3 nitrogen and oxygen atoms in total. The largest absolute Gasteiger partial charge is 0.426 e. The van der Waals surface area contributed by atoms with E-state index in [2.05, 4.69) is 0 Å². The van der Waals surface area contributed by atoms with Crippen LogP contribution in [0.15, 0.2) is 24.3 Å². The Labute approximate surface area is 76.0 Å². The lowest BCUT2D eigenvalue weighted by Crippen LogP contribution is -2.32. The predicted molar refractivity (Wildman–Crippen MR) is 46.3 cm³/mol. The first-order valence-corrected chi connectivity index (χ1v) is 4.12. The summed E-state index contributed by atoms with van der Waals surface area (Å²) in [5.74, 6) is 0.0763. The molecule has 1 aromatic carbocycles. The van der Waals surface area contributed by atoms with Gasteiger partial charge in [0, 0.05) is 5.56 Å². The molecule has 0 amide bonds. The van der Waals surface area contributed by atoms with Gasteiger partial charge in [0.2, 0.25) is 0 Å². The molecule has 1 heterocycles. The number of hydrogen-bond acceptors (Lipinski definition) is 3. The van der Waals surface area contributed by atoms with Crippen LogP contribution in [0.4, 0.5) is 0 Å². The maximum atomic E-state index is 11.1. The molecule has 0 bridgehead atoms. The van der Waals surface area contributed by atoms with Crippen molar-refractivity contribution in [2.45, 2.75) is 18.9 Å². The molecule has 0 spiro atoms. The summed E-state index contributed by atoms with van der Waals surface area (Å²) in [5, 5.41) is 9.90. The molecule has 1 atom stereocenters. The molecular formula is C10H10O3. The van der Waals surface area contributed by atoms with Crippen molar-refractivity contribution in [2.75, 3.05) is 0 Å². The van der Waals surface area contributed by atoms with Gasteiger partial charge in [-0.25, -0.2) is 0 Å². The van der Waals surface area contributed by atoms with Gasteiger partial charge in [-0.3, -0.25) is 4.79 Å². The zero-order chi connectivity index (χ0) is 9.47. The summed E-state index contributed by atoms with van der Waals surface area (Å²) in [6.45, 7) is 1.62. The van der Waals surface area contributed by atoms with Gasteiger partial charge in [0.15, 0.2) is 0 Å². The van der Waals surface area contributed by atoms with Crippen LogP contribution in [-0.2, 0) is 10.4 Å². The number of rotatable bonds is 0. The molecule has 0 fully saturated rings. The molecule has 2 rings (SSSR count). The van der Waals surface area contributed by atoms with Crippen LogP contribution in [0.3, 0.4) is 0 Å². The lowest BCUT2D eigenvalue weighted by atomic mass is 9.90. The van der Waals surface area contributed by atoms with E-state index < -0.39 is 5.60 Å². The van der Waals surface area contributed by atoms with Crippen molar-refractivity contribution in [3.8, 4) is 5.75 Å². The van der Waals surface area contributed by atoms with E-state index >= 15 is 0 Å². The molecular weight excluding hydrogens is 168 g/mol. The molecule has 0 saturated carbocycles. The van der Waals surface area contributed by atoms with E-state index in [1.807, 2.05) is 6.07 Å². The molecule has 1 N–H and O–H groups in total. The van der Waals surface area contributed by atoms with Gasteiger partial charge in [0.25, 0.3) is 0 Å². The summed E-state index contributed by atoms with van der Waals surface area (Å²) in [6, 6.07) is 7.03. The Morgan fingerprint density at radius 1 is 1.46 bits per heavy atom. The Hall–Kier alpha value is -1.35. The molecule has 1 aliphatic heterocycles. The van der Waals surface area contributed by atoms with E-state index in [4.69, 9.17) is 4.74 Å². The number of para-hydroxylation sites is 1. The van der Waals surface area contributed by atoms with E-state index in [9.17, 15) is 9.90 Å². The van der Waals surface area contributed by atoms with Crippen LogP contribution < -0.4 is 4.74 Å². The third-order valence-electron chi connectivity index (χ3n) is 2.18. The first-order valence-electron chi connectivity index (χ1n) is 4.12. The Bertz CT molecular complexity index is 355. The summed E-state index contributed by atoms with van der Waals surface area (Å²) in [5.41, 5.74) is -0.416. The maximum absolute atomic E-state index is 11.1. The SMILES string of the molecule is CC1(O)CC(=O)Oc2ccccc21. The zero-order valence-electron chi connectivity index (χ0n) is 7.28. The van der Waals surface area contributed by atoms with Gasteiger partial charge in [-0.1, -0.05) is 18.2 Å². The van der Waals surface area contributed by atoms with Gasteiger partial charge >= 0.3 is 5.97 Å². The van der Waals surface area contributed by atoms with Gasteiger partial charge in [-0.2, -0.15) is 0 Å². The average molecular weight is 178 g/mol. The van der Waals surface area contributed by atoms with E-state index in [-0.39, 0.29) is 12.4 Å². The standard InChI is InChI=1S/C10H10O3/c1-10(12)6-9(11)13-8-5-3-2-4-7(8)10/h2-5,12H,6H2,1H3. The van der Waals surface area contributed by atoms with Crippen LogP contribution >= 0.6 is 0 Å². The second-order valence-electron chi connectivity index (χ2n) is 3.42. The second-order valence-corrected chi connectivity index (χ2v) is 3.42. The predicted octanol–water partition coefficient (Wildman–Crippen LogP) is 1.20. The molecule has 1 aromatic rings.